The van der Waals surface area contributed by atoms with Crippen molar-refractivity contribution in [1.29, 1.82) is 0 Å². The third kappa shape index (κ3) is 3.59. The van der Waals surface area contributed by atoms with Crippen LogP contribution >= 0.6 is 0 Å². The van der Waals surface area contributed by atoms with Crippen molar-refractivity contribution in [1.82, 2.24) is 5.32 Å². The van der Waals surface area contributed by atoms with E-state index < -0.39 is 8.32 Å². The number of rotatable bonds is 4. The molecule has 16 heavy (non-hydrogen) atoms. The van der Waals surface area contributed by atoms with Crippen molar-refractivity contribution in [3.8, 4) is 0 Å². The van der Waals surface area contributed by atoms with Gasteiger partial charge in [0.15, 0.2) is 8.32 Å². The molecule has 1 rings (SSSR count). The van der Waals surface area contributed by atoms with E-state index in [1.54, 1.807) is 0 Å². The first-order valence-corrected chi connectivity index (χ1v) is 9.06. The maximum Gasteiger partial charge on any atom is 0.220 e. The summed E-state index contributed by atoms with van der Waals surface area (Å²) in [5.74, 6) is 0.192. The van der Waals surface area contributed by atoms with Gasteiger partial charge in [-0.1, -0.05) is 20.8 Å². The standard InChI is InChI=1S/C12H25NO2Si/c1-12(2,3)16(4,5)15-9-8-10-6-7-11(14)13-10/h10H,6-9H2,1-5H3,(H,13,14). The molecule has 0 bridgehead atoms. The zero-order valence-electron chi connectivity index (χ0n) is 11.2. The molecule has 0 aromatic rings. The minimum absolute atomic E-state index is 0.192. The molecule has 4 heteroatoms. The second-order valence-electron chi connectivity index (χ2n) is 6.20. The molecular weight excluding hydrogens is 218 g/mol. The molecule has 94 valence electrons. The topological polar surface area (TPSA) is 38.3 Å². The van der Waals surface area contributed by atoms with Crippen LogP contribution in [0.3, 0.4) is 0 Å². The van der Waals surface area contributed by atoms with Crippen LogP contribution in [0, 0.1) is 0 Å². The van der Waals surface area contributed by atoms with E-state index in [1.807, 2.05) is 0 Å². The lowest BCUT2D eigenvalue weighted by Crippen LogP contribution is -2.41. The molecule has 1 fully saturated rings. The summed E-state index contributed by atoms with van der Waals surface area (Å²) in [5.41, 5.74) is 0. The fraction of sp³-hybridized carbons (Fsp3) is 0.917. The molecule has 0 aromatic heterocycles. The number of carbonyl (C=O) groups is 1. The van der Waals surface area contributed by atoms with Crippen LogP contribution in [-0.2, 0) is 9.22 Å². The molecule has 1 atom stereocenters. The van der Waals surface area contributed by atoms with Crippen molar-refractivity contribution < 1.29 is 9.22 Å². The Hall–Kier alpha value is -0.353. The molecule has 1 unspecified atom stereocenters. The van der Waals surface area contributed by atoms with Gasteiger partial charge in [0.05, 0.1) is 0 Å². The van der Waals surface area contributed by atoms with Crippen molar-refractivity contribution >= 4 is 14.2 Å². The van der Waals surface area contributed by atoms with Crippen LogP contribution in [0.1, 0.15) is 40.0 Å². The van der Waals surface area contributed by atoms with Crippen LogP contribution in [0.2, 0.25) is 18.1 Å². The Labute approximate surface area is 100 Å². The first-order chi connectivity index (χ1) is 7.22. The number of amides is 1. The van der Waals surface area contributed by atoms with Gasteiger partial charge in [-0.05, 0) is 31.0 Å². The van der Waals surface area contributed by atoms with Gasteiger partial charge in [-0.2, -0.15) is 0 Å². The molecule has 1 heterocycles. The Bertz CT molecular complexity index is 258. The van der Waals surface area contributed by atoms with Gasteiger partial charge < -0.3 is 9.74 Å². The van der Waals surface area contributed by atoms with Crippen LogP contribution in [-0.4, -0.2) is 26.9 Å². The fourth-order valence-corrected chi connectivity index (χ4v) is 2.63. The van der Waals surface area contributed by atoms with Crippen molar-refractivity contribution in [2.45, 2.75) is 64.2 Å². The van der Waals surface area contributed by atoms with Gasteiger partial charge in [0, 0.05) is 19.1 Å². The van der Waals surface area contributed by atoms with Crippen LogP contribution in [0.25, 0.3) is 0 Å². The third-order valence-corrected chi connectivity index (χ3v) is 8.36. The Morgan fingerprint density at radius 1 is 1.44 bits per heavy atom. The SMILES string of the molecule is CC(C)(C)[Si](C)(C)OCCC1CCC(=O)N1. The zero-order valence-corrected chi connectivity index (χ0v) is 12.2. The van der Waals surface area contributed by atoms with Gasteiger partial charge in [-0.15, -0.1) is 0 Å². The number of hydrogen-bond acceptors (Lipinski definition) is 2. The van der Waals surface area contributed by atoms with Gasteiger partial charge >= 0.3 is 0 Å². The summed E-state index contributed by atoms with van der Waals surface area (Å²) in [4.78, 5) is 11.0. The summed E-state index contributed by atoms with van der Waals surface area (Å²) in [6, 6.07) is 0.345. The molecule has 1 amide bonds. The number of carbonyl (C=O) groups excluding carboxylic acids is 1. The highest BCUT2D eigenvalue weighted by Gasteiger charge is 2.37. The highest BCUT2D eigenvalue weighted by Crippen LogP contribution is 2.36. The first kappa shape index (κ1) is 13.7. The Morgan fingerprint density at radius 2 is 2.06 bits per heavy atom. The van der Waals surface area contributed by atoms with Crippen molar-refractivity contribution in [3.05, 3.63) is 0 Å². The highest BCUT2D eigenvalue weighted by molar-refractivity contribution is 6.74. The molecule has 0 aliphatic carbocycles. The summed E-state index contributed by atoms with van der Waals surface area (Å²) >= 11 is 0. The van der Waals surface area contributed by atoms with Gasteiger partial charge in [0.2, 0.25) is 5.91 Å². The lowest BCUT2D eigenvalue weighted by atomic mass is 10.2. The summed E-state index contributed by atoms with van der Waals surface area (Å²) in [6.45, 7) is 12.0. The average molecular weight is 243 g/mol. The van der Waals surface area contributed by atoms with E-state index in [-0.39, 0.29) is 10.9 Å². The molecule has 3 nitrogen and oxygen atoms in total. The molecular formula is C12H25NO2Si. The number of hydrogen-bond donors (Lipinski definition) is 1. The van der Waals surface area contributed by atoms with Gasteiger partial charge in [-0.3, -0.25) is 4.79 Å². The van der Waals surface area contributed by atoms with Crippen molar-refractivity contribution in [2.24, 2.45) is 0 Å². The predicted molar refractivity (Wildman–Crippen MR) is 68.9 cm³/mol. The van der Waals surface area contributed by atoms with Crippen LogP contribution in [0.5, 0.6) is 0 Å². The molecule has 0 radical (unpaired) electrons. The molecule has 1 N–H and O–H groups in total. The van der Waals surface area contributed by atoms with Gasteiger partial charge in [0.25, 0.3) is 0 Å². The lowest BCUT2D eigenvalue weighted by Gasteiger charge is -2.36. The Kier molecular flexibility index (Phi) is 4.18. The summed E-state index contributed by atoms with van der Waals surface area (Å²) in [6.07, 6.45) is 2.61. The zero-order chi connectivity index (χ0) is 12.4. The molecule has 0 spiro atoms. The maximum atomic E-state index is 11.0. The highest BCUT2D eigenvalue weighted by atomic mass is 28.4. The fourth-order valence-electron chi connectivity index (χ4n) is 1.57. The Balaban J connectivity index is 2.27. The summed E-state index contributed by atoms with van der Waals surface area (Å²) in [5, 5.41) is 3.25. The molecule has 1 saturated heterocycles. The summed E-state index contributed by atoms with van der Waals surface area (Å²) in [7, 11) is -1.61. The smallest absolute Gasteiger partial charge is 0.220 e. The second-order valence-corrected chi connectivity index (χ2v) is 11.0. The Morgan fingerprint density at radius 3 is 2.50 bits per heavy atom. The van der Waals surface area contributed by atoms with E-state index in [4.69, 9.17) is 4.43 Å². The van der Waals surface area contributed by atoms with E-state index >= 15 is 0 Å². The maximum absolute atomic E-state index is 11.0. The van der Waals surface area contributed by atoms with Crippen molar-refractivity contribution in [2.75, 3.05) is 6.61 Å². The minimum atomic E-state index is -1.61. The lowest BCUT2D eigenvalue weighted by molar-refractivity contribution is -0.119. The molecule has 0 saturated carbocycles. The normalized spacial score (nSPS) is 22.3. The van der Waals surface area contributed by atoms with Gasteiger partial charge in [-0.25, -0.2) is 0 Å². The predicted octanol–water partition coefficient (Wildman–Crippen LogP) is 2.68. The van der Waals surface area contributed by atoms with Crippen LogP contribution in [0.4, 0.5) is 0 Å². The first-order valence-electron chi connectivity index (χ1n) is 6.16. The summed E-state index contributed by atoms with van der Waals surface area (Å²) < 4.78 is 6.08. The monoisotopic (exact) mass is 243 g/mol. The molecule has 1 aliphatic rings. The molecule has 0 aromatic carbocycles. The molecule has 1 aliphatic heterocycles. The third-order valence-electron chi connectivity index (χ3n) is 3.82. The minimum Gasteiger partial charge on any atom is -0.417 e. The largest absolute Gasteiger partial charge is 0.417 e. The van der Waals surface area contributed by atoms with E-state index in [0.717, 1.165) is 19.4 Å². The second kappa shape index (κ2) is 4.88. The van der Waals surface area contributed by atoms with Gasteiger partial charge in [0.1, 0.15) is 0 Å². The van der Waals surface area contributed by atoms with E-state index in [0.29, 0.717) is 12.5 Å². The van der Waals surface area contributed by atoms with Crippen LogP contribution in [0.15, 0.2) is 0 Å². The quantitative estimate of drug-likeness (QED) is 0.771. The van der Waals surface area contributed by atoms with E-state index in [9.17, 15) is 4.79 Å². The van der Waals surface area contributed by atoms with E-state index in [2.05, 4.69) is 39.2 Å². The van der Waals surface area contributed by atoms with Crippen LogP contribution < -0.4 is 5.32 Å². The number of nitrogens with one attached hydrogen (secondary N) is 1. The average Bonchev–Trinajstić information content (AvgIpc) is 2.49. The van der Waals surface area contributed by atoms with Crippen molar-refractivity contribution in [3.63, 3.8) is 0 Å². The van der Waals surface area contributed by atoms with E-state index in [1.165, 1.54) is 0 Å².